The van der Waals surface area contributed by atoms with E-state index in [-0.39, 0.29) is 0 Å². The van der Waals surface area contributed by atoms with Gasteiger partial charge in [0, 0.05) is 29.1 Å². The van der Waals surface area contributed by atoms with E-state index >= 15 is 0 Å². The van der Waals surface area contributed by atoms with Crippen LogP contribution in [0.4, 0.5) is 5.69 Å². The van der Waals surface area contributed by atoms with Crippen LogP contribution in [0.5, 0.6) is 0 Å². The third-order valence-electron chi connectivity index (χ3n) is 2.32. The number of anilines is 1. The summed E-state index contributed by atoms with van der Waals surface area (Å²) < 4.78 is 1.10. The van der Waals surface area contributed by atoms with Crippen LogP contribution < -0.4 is 5.32 Å². The van der Waals surface area contributed by atoms with Crippen LogP contribution in [0.2, 0.25) is 0 Å². The Hall–Kier alpha value is -1.35. The van der Waals surface area contributed by atoms with E-state index in [0.29, 0.717) is 0 Å². The fourth-order valence-corrected chi connectivity index (χ4v) is 1.90. The summed E-state index contributed by atoms with van der Waals surface area (Å²) in [6.07, 6.45) is 4.66. The van der Waals surface area contributed by atoms with Crippen molar-refractivity contribution < 1.29 is 0 Å². The average Bonchev–Trinajstić information content (AvgIpc) is 2.30. The van der Waals surface area contributed by atoms with Gasteiger partial charge in [0.25, 0.3) is 0 Å². The molecule has 1 aromatic carbocycles. The van der Waals surface area contributed by atoms with Crippen LogP contribution in [-0.2, 0) is 6.42 Å². The lowest BCUT2D eigenvalue weighted by molar-refractivity contribution is 1.01. The maximum atomic E-state index is 4.00. The maximum absolute atomic E-state index is 4.00. The van der Waals surface area contributed by atoms with E-state index in [1.807, 2.05) is 36.7 Å². The molecule has 82 valence electrons. The monoisotopic (exact) mass is 276 g/mol. The minimum atomic E-state index is 0.931. The predicted octanol–water partition coefficient (Wildman–Crippen LogP) is 3.50. The largest absolute Gasteiger partial charge is 0.385 e. The predicted molar refractivity (Wildman–Crippen MR) is 70.6 cm³/mol. The molecule has 1 aromatic heterocycles. The number of pyridine rings is 1. The molecule has 0 bridgehead atoms. The zero-order valence-electron chi connectivity index (χ0n) is 8.86. The molecular weight excluding hydrogens is 264 g/mol. The number of benzene rings is 1. The fraction of sp³-hybridized carbons (Fsp3) is 0.154. The zero-order chi connectivity index (χ0) is 11.2. The number of nitrogens with zero attached hydrogens (tertiary/aromatic N) is 1. The standard InChI is InChI=1S/C13H13BrN2/c14-12-2-1-3-13(10-12)16-9-6-11-4-7-15-8-5-11/h1-5,7-8,10,16H,6,9H2. The van der Waals surface area contributed by atoms with Gasteiger partial charge in [0.05, 0.1) is 0 Å². The number of hydrogen-bond donors (Lipinski definition) is 1. The topological polar surface area (TPSA) is 24.9 Å². The van der Waals surface area contributed by atoms with Crippen molar-refractivity contribution in [3.63, 3.8) is 0 Å². The van der Waals surface area contributed by atoms with Gasteiger partial charge >= 0.3 is 0 Å². The molecule has 0 spiro atoms. The molecule has 0 amide bonds. The van der Waals surface area contributed by atoms with Gasteiger partial charge in [-0.05, 0) is 42.3 Å². The van der Waals surface area contributed by atoms with Crippen molar-refractivity contribution in [2.24, 2.45) is 0 Å². The summed E-state index contributed by atoms with van der Waals surface area (Å²) in [7, 11) is 0. The van der Waals surface area contributed by atoms with Crippen molar-refractivity contribution in [1.29, 1.82) is 0 Å². The smallest absolute Gasteiger partial charge is 0.0351 e. The van der Waals surface area contributed by atoms with Crippen molar-refractivity contribution >= 4 is 21.6 Å². The summed E-state index contributed by atoms with van der Waals surface area (Å²) in [5, 5.41) is 3.38. The van der Waals surface area contributed by atoms with E-state index in [4.69, 9.17) is 0 Å². The highest BCUT2D eigenvalue weighted by Gasteiger charge is 1.94. The van der Waals surface area contributed by atoms with Gasteiger partial charge in [0.2, 0.25) is 0 Å². The lowest BCUT2D eigenvalue weighted by Gasteiger charge is -2.06. The molecule has 0 fully saturated rings. The minimum absolute atomic E-state index is 0.931. The number of aromatic nitrogens is 1. The third-order valence-corrected chi connectivity index (χ3v) is 2.81. The third kappa shape index (κ3) is 3.35. The first-order valence-corrected chi connectivity index (χ1v) is 6.02. The summed E-state index contributed by atoms with van der Waals surface area (Å²) in [5.74, 6) is 0. The van der Waals surface area contributed by atoms with E-state index in [0.717, 1.165) is 23.1 Å². The van der Waals surface area contributed by atoms with Gasteiger partial charge in [-0.2, -0.15) is 0 Å². The number of rotatable bonds is 4. The molecule has 0 unspecified atom stereocenters. The van der Waals surface area contributed by atoms with E-state index in [1.54, 1.807) is 0 Å². The van der Waals surface area contributed by atoms with Gasteiger partial charge in [0.1, 0.15) is 0 Å². The van der Waals surface area contributed by atoms with Crippen molar-refractivity contribution in [2.75, 3.05) is 11.9 Å². The van der Waals surface area contributed by atoms with Gasteiger partial charge in [-0.15, -0.1) is 0 Å². The molecular formula is C13H13BrN2. The van der Waals surface area contributed by atoms with Crippen LogP contribution in [0, 0.1) is 0 Å². The Morgan fingerprint density at radius 3 is 2.69 bits per heavy atom. The van der Waals surface area contributed by atoms with Crippen molar-refractivity contribution in [3.8, 4) is 0 Å². The van der Waals surface area contributed by atoms with E-state index in [1.165, 1.54) is 5.56 Å². The lowest BCUT2D eigenvalue weighted by atomic mass is 10.2. The molecule has 2 rings (SSSR count). The van der Waals surface area contributed by atoms with Crippen LogP contribution in [0.15, 0.2) is 53.3 Å². The van der Waals surface area contributed by atoms with Gasteiger partial charge in [-0.3, -0.25) is 4.98 Å². The Morgan fingerprint density at radius 1 is 1.12 bits per heavy atom. The average molecular weight is 277 g/mol. The lowest BCUT2D eigenvalue weighted by Crippen LogP contribution is -2.04. The highest BCUT2D eigenvalue weighted by atomic mass is 79.9. The first-order chi connectivity index (χ1) is 7.84. The summed E-state index contributed by atoms with van der Waals surface area (Å²) >= 11 is 3.45. The molecule has 2 aromatic rings. The first kappa shape index (κ1) is 11.1. The Morgan fingerprint density at radius 2 is 1.94 bits per heavy atom. The second kappa shape index (κ2) is 5.66. The molecule has 0 radical (unpaired) electrons. The highest BCUT2D eigenvalue weighted by Crippen LogP contribution is 2.15. The summed E-state index contributed by atoms with van der Waals surface area (Å²) in [5.41, 5.74) is 2.45. The molecule has 1 heterocycles. The van der Waals surface area contributed by atoms with Crippen LogP contribution in [0.1, 0.15) is 5.56 Å². The van der Waals surface area contributed by atoms with E-state index in [2.05, 4.69) is 38.4 Å². The molecule has 0 saturated carbocycles. The highest BCUT2D eigenvalue weighted by molar-refractivity contribution is 9.10. The molecule has 1 N–H and O–H groups in total. The Labute approximate surface area is 104 Å². The van der Waals surface area contributed by atoms with E-state index in [9.17, 15) is 0 Å². The molecule has 0 saturated heterocycles. The molecule has 3 heteroatoms. The molecule has 16 heavy (non-hydrogen) atoms. The summed E-state index contributed by atoms with van der Waals surface area (Å²) in [4.78, 5) is 4.00. The van der Waals surface area contributed by atoms with Crippen molar-refractivity contribution in [1.82, 2.24) is 4.98 Å². The van der Waals surface area contributed by atoms with Crippen molar-refractivity contribution in [3.05, 3.63) is 58.8 Å². The maximum Gasteiger partial charge on any atom is 0.0351 e. The van der Waals surface area contributed by atoms with Crippen LogP contribution >= 0.6 is 15.9 Å². The van der Waals surface area contributed by atoms with Gasteiger partial charge in [-0.1, -0.05) is 22.0 Å². The fourth-order valence-electron chi connectivity index (χ4n) is 1.50. The van der Waals surface area contributed by atoms with Gasteiger partial charge in [-0.25, -0.2) is 0 Å². The number of halogens is 1. The molecule has 2 nitrogen and oxygen atoms in total. The number of nitrogens with one attached hydrogen (secondary N) is 1. The van der Waals surface area contributed by atoms with Crippen LogP contribution in [0.25, 0.3) is 0 Å². The second-order valence-electron chi connectivity index (χ2n) is 3.54. The normalized spacial score (nSPS) is 10.1. The zero-order valence-corrected chi connectivity index (χ0v) is 10.4. The molecule has 0 aliphatic heterocycles. The molecule has 0 aliphatic carbocycles. The summed E-state index contributed by atoms with van der Waals surface area (Å²) in [6.45, 7) is 0.931. The SMILES string of the molecule is Brc1cccc(NCCc2ccncc2)c1. The van der Waals surface area contributed by atoms with Crippen molar-refractivity contribution in [2.45, 2.75) is 6.42 Å². The van der Waals surface area contributed by atoms with Crippen LogP contribution in [-0.4, -0.2) is 11.5 Å². The Kier molecular flexibility index (Phi) is 3.94. The van der Waals surface area contributed by atoms with E-state index < -0.39 is 0 Å². The van der Waals surface area contributed by atoms with Gasteiger partial charge in [0.15, 0.2) is 0 Å². The molecule has 0 aliphatic rings. The Bertz CT molecular complexity index is 443. The second-order valence-corrected chi connectivity index (χ2v) is 4.46. The first-order valence-electron chi connectivity index (χ1n) is 5.23. The number of hydrogen-bond acceptors (Lipinski definition) is 2. The summed E-state index contributed by atoms with van der Waals surface area (Å²) in [6, 6.07) is 12.3. The molecule has 0 atom stereocenters. The van der Waals surface area contributed by atoms with Gasteiger partial charge < -0.3 is 5.32 Å². The Balaban J connectivity index is 1.85. The minimum Gasteiger partial charge on any atom is -0.385 e. The van der Waals surface area contributed by atoms with Crippen LogP contribution in [0.3, 0.4) is 0 Å². The quantitative estimate of drug-likeness (QED) is 0.925.